The van der Waals surface area contributed by atoms with Gasteiger partial charge in [0.15, 0.2) is 0 Å². The minimum Gasteiger partial charge on any atom is -0.548 e. The van der Waals surface area contributed by atoms with E-state index in [0.717, 1.165) is 97.8 Å². The van der Waals surface area contributed by atoms with Crippen molar-refractivity contribution in [3.8, 4) is 18.0 Å². The summed E-state index contributed by atoms with van der Waals surface area (Å²) >= 11 is 7.64. The molecular formula is C82H153ClIN14NaO15. The molecule has 0 radical (unpaired) electrons. The summed E-state index contributed by atoms with van der Waals surface area (Å²) in [7, 11) is 8.90. The van der Waals surface area contributed by atoms with Crippen molar-refractivity contribution >= 4 is 64.3 Å². The van der Waals surface area contributed by atoms with Crippen molar-refractivity contribution in [1.29, 1.82) is 0 Å². The van der Waals surface area contributed by atoms with Crippen molar-refractivity contribution in [3.63, 3.8) is 0 Å². The van der Waals surface area contributed by atoms with Crippen LogP contribution in [0.2, 0.25) is 5.28 Å². The van der Waals surface area contributed by atoms with Crippen LogP contribution < -0.4 is 54.2 Å². The monoisotopic (exact) mass is 1760 g/mol. The van der Waals surface area contributed by atoms with Crippen molar-refractivity contribution in [2.45, 2.75) is 322 Å². The van der Waals surface area contributed by atoms with Gasteiger partial charge in [0.2, 0.25) is 5.28 Å². The molecule has 0 aromatic carbocycles. The first-order valence-electron chi connectivity index (χ1n) is 39.3. The summed E-state index contributed by atoms with van der Waals surface area (Å²) in [6.07, 6.45) is 32.5. The molecule has 4 saturated carbocycles. The van der Waals surface area contributed by atoms with Gasteiger partial charge in [0.1, 0.15) is 46.4 Å². The van der Waals surface area contributed by atoms with Gasteiger partial charge in [-0.15, -0.1) is 0 Å². The molecule has 7 heterocycles. The maximum atomic E-state index is 11.6. The first kappa shape index (κ1) is 115. The normalized spacial score (nSPS) is 18.3. The van der Waals surface area contributed by atoms with Crippen LogP contribution in [0.5, 0.6) is 18.0 Å². The molecule has 11 rings (SSSR count). The molecule has 3 aromatic rings. The molecule has 2 saturated heterocycles. The van der Waals surface area contributed by atoms with Crippen LogP contribution in [-0.2, 0) is 43.5 Å². The van der Waals surface area contributed by atoms with Gasteiger partial charge in [-0.05, 0) is 164 Å². The van der Waals surface area contributed by atoms with Crippen molar-refractivity contribution in [3.05, 3.63) is 59.0 Å². The van der Waals surface area contributed by atoms with Crippen LogP contribution in [0.15, 0.2) is 24.6 Å². The zero-order valence-electron chi connectivity index (χ0n) is 71.3. The average molecular weight is 1760 g/mol. The van der Waals surface area contributed by atoms with Gasteiger partial charge >= 0.3 is 71.7 Å². The third-order valence-corrected chi connectivity index (χ3v) is 17.5. The zero-order chi connectivity index (χ0) is 82.7. The number of aliphatic carboxylic acids is 2. The molecule has 0 spiro atoms. The van der Waals surface area contributed by atoms with Gasteiger partial charge in [-0.2, -0.15) is 29.9 Å². The Bertz CT molecular complexity index is 2990. The first-order valence-corrected chi connectivity index (χ1v) is 40.4. The summed E-state index contributed by atoms with van der Waals surface area (Å²) in [5, 5.41) is 23.5. The number of carboxylic acid groups (broad SMARTS) is 2. The van der Waals surface area contributed by atoms with Crippen LogP contribution >= 0.6 is 34.2 Å². The summed E-state index contributed by atoms with van der Waals surface area (Å²) < 4.78 is 52.2. The maximum absolute atomic E-state index is 11.6. The molecule has 2 amide bonds. The number of carboxylic acids is 2. The second-order valence-electron chi connectivity index (χ2n) is 28.8. The van der Waals surface area contributed by atoms with E-state index in [9.17, 15) is 29.1 Å². The second-order valence-corrected chi connectivity index (χ2v) is 29.2. The van der Waals surface area contributed by atoms with Gasteiger partial charge in [-0.1, -0.05) is 170 Å². The minimum atomic E-state index is -1.27. The fraction of sp³-hybridized carbons (Fsp3) is 0.780. The van der Waals surface area contributed by atoms with E-state index < -0.39 is 47.4 Å². The summed E-state index contributed by atoms with van der Waals surface area (Å²) in [6, 6.07) is 1.10. The van der Waals surface area contributed by atoms with Gasteiger partial charge in [-0.3, -0.25) is 14.6 Å². The van der Waals surface area contributed by atoms with Crippen LogP contribution in [0.1, 0.15) is 292 Å². The van der Waals surface area contributed by atoms with E-state index in [1.54, 1.807) is 81.8 Å². The number of morpholine rings is 2. The largest absolute Gasteiger partial charge is 1.00 e. The zero-order valence-corrected chi connectivity index (χ0v) is 74.2. The minimum absolute atomic E-state index is 0. The summed E-state index contributed by atoms with van der Waals surface area (Å²) in [6.45, 7) is 30.3. The number of aromatic nitrogens is 9. The number of ether oxygens (including phenoxy) is 8. The van der Waals surface area contributed by atoms with E-state index in [1.165, 1.54) is 155 Å². The number of amides is 2. The number of carbonyl (C=O) groups excluding carboxylic acids is 4. The number of hydrogen-bond acceptors (Lipinski definition) is 26. The van der Waals surface area contributed by atoms with Crippen LogP contribution in [0.4, 0.5) is 9.59 Å². The fourth-order valence-electron chi connectivity index (χ4n) is 11.9. The number of aryl methyl sites for hydroxylation is 3. The molecule has 6 fully saturated rings. The predicted molar refractivity (Wildman–Crippen MR) is 459 cm³/mol. The fourth-order valence-corrected chi connectivity index (χ4v) is 12.1. The first-order chi connectivity index (χ1) is 52.2. The molecule has 2 N–H and O–H groups in total. The van der Waals surface area contributed by atoms with Gasteiger partial charge in [0.05, 0.1) is 66.4 Å². The van der Waals surface area contributed by atoms with E-state index in [4.69, 9.17) is 52.6 Å². The van der Waals surface area contributed by atoms with Crippen LogP contribution in [0, 0.1) is 20.8 Å². The third kappa shape index (κ3) is 53.2. The van der Waals surface area contributed by atoms with Crippen LogP contribution in [0.3, 0.4) is 0 Å². The number of hydrogen-bond donors (Lipinski definition) is 2. The molecule has 4 aliphatic heterocycles. The Morgan fingerprint density at radius 3 is 1.32 bits per heavy atom. The Balaban J connectivity index is -0.000000293. The van der Waals surface area contributed by atoms with Gasteiger partial charge in [-0.25, -0.2) is 29.3 Å². The molecule has 0 unspecified atom stereocenters. The molecule has 4 aliphatic carbocycles. The molecule has 32 heteroatoms. The van der Waals surface area contributed by atoms with Gasteiger partial charge < -0.3 is 68.0 Å². The van der Waals surface area contributed by atoms with E-state index in [-0.39, 0.29) is 110 Å². The van der Waals surface area contributed by atoms with E-state index in [0.29, 0.717) is 36.8 Å². The smallest absolute Gasteiger partial charge is 0.548 e. The summed E-state index contributed by atoms with van der Waals surface area (Å²) in [5.74, 6) is 1.87. The Morgan fingerprint density at radius 2 is 0.982 bits per heavy atom. The molecule has 114 heavy (non-hydrogen) atoms. The average Bonchev–Trinajstić information content (AvgIpc) is 1.06. The number of halogens is 2. The number of likely N-dealkylation sites (N-methyl/N-ethyl adjacent to an activating group) is 2. The summed E-state index contributed by atoms with van der Waals surface area (Å²) in [4.78, 5) is 100. The van der Waals surface area contributed by atoms with Crippen molar-refractivity contribution in [2.24, 2.45) is 0 Å². The maximum Gasteiger partial charge on any atom is 1.00 e. The quantitative estimate of drug-likeness (QED) is 0.0626. The number of methoxy groups -OCH3 is 3. The number of alkyl halides is 1. The molecule has 3 aromatic heterocycles. The summed E-state index contributed by atoms with van der Waals surface area (Å²) in [5.41, 5.74) is -1.14. The molecule has 0 bridgehead atoms. The Kier molecular flexibility index (Phi) is 68.2. The number of esters is 1. The SMILES string of the molecule is C.C.C.C.C.C1CCC(NC2CCCCC2)CC1.CC(C)(C)OC(=O)N1C=CC[C@H]1C(=O)O.CC(C)(C)OC(=O)N1C=CC[C@H]1C(=O)[O-].CCOC(C)=O.CI.CN1CCOCC1.CN1CCOCC1.COc1nc(C)nc(C2(C)CCCCC2)n1.COc1nc(C)nc(C2CCCCC2)n1.COc1nc(C)nc(Cl)n1.[2H]CC[3H].[Na+]. The number of nitrogens with zero attached hydrogens (tertiary/aromatic N) is 13. The topological polar surface area (TPSA) is 343 Å². The Hall–Kier alpha value is -5.32. The van der Waals surface area contributed by atoms with Gasteiger partial charge in [0, 0.05) is 71.7 Å². The molecule has 656 valence electrons. The van der Waals surface area contributed by atoms with Crippen LogP contribution in [-0.4, -0.2) is 235 Å². The van der Waals surface area contributed by atoms with Crippen molar-refractivity contribution < 1.29 is 104 Å². The van der Waals surface area contributed by atoms with Crippen molar-refractivity contribution in [1.82, 2.24) is 69.8 Å². The Morgan fingerprint density at radius 1 is 0.614 bits per heavy atom. The van der Waals surface area contributed by atoms with Crippen molar-refractivity contribution in [2.75, 3.05) is 99.6 Å². The van der Waals surface area contributed by atoms with E-state index in [2.05, 4.69) is 108 Å². The van der Waals surface area contributed by atoms with E-state index >= 15 is 0 Å². The molecule has 29 nitrogen and oxygen atoms in total. The van der Waals surface area contributed by atoms with E-state index in [1.807, 2.05) is 18.8 Å². The number of nitrogens with one attached hydrogen (secondary N) is 1. The molecule has 2 atom stereocenters. The van der Waals surface area contributed by atoms with Gasteiger partial charge in [0.25, 0.3) is 0 Å². The molecular weight excluding hydrogens is 1610 g/mol. The predicted octanol–water partition coefficient (Wildman–Crippen LogP) is 13.3. The number of carbonyl (C=O) groups is 5. The Labute approximate surface area is 732 Å². The molecule has 8 aliphatic rings. The second kappa shape index (κ2) is 67.6. The third-order valence-electron chi connectivity index (χ3n) is 17.4. The number of rotatable bonds is 10. The van der Waals surface area contributed by atoms with Crippen LogP contribution in [0.25, 0.3) is 0 Å². The standard InChI is InChI=1S/C12H19N3O.C12H23N.C11H17N3O.2C10H15NO4.C5H6ClN3O.2C5H11NO.C4H8O2.C2H6.CH3I.5CH4.Na/c1-9-13-10(15-11(14-9)16-3)12(2)7-5-4-6-8-12;1-3-7-11(8-4-1)13-12-9-5-2-6-10-12;1-8-12-10(14-11(13-8)15-2)9-6-4-3-5-7-9;2*1-10(2,3)15-9(14)11-6-4-5-7(11)8(12)13;1-3-7-4(6)9-5(8-3)10-2;2*1-6-2-4-7-5-3-6;1-3-6-4(2)5;2*1-2;;;;;;/h4-8H2,1-3H3;11-13H,1-10H2;9H,3-7H2,1-2H3;2*4,6-7H,5H2,1-3H3,(H,12,13);1-2H3;2*2-5H2,1H3;3H2,1-2H3;1-2H3;1H3;5*1H4;/q;;;;;;;;;;;;;;;;+1/p-1/t;;;2*7-;;;;;;;;;;;;/m...00............/s1/i;;;;;;;;;1D,2T;;;;;;;.